The van der Waals surface area contributed by atoms with E-state index in [0.29, 0.717) is 0 Å². The van der Waals surface area contributed by atoms with Gasteiger partial charge in [0.25, 0.3) is 0 Å². The summed E-state index contributed by atoms with van der Waals surface area (Å²) in [7, 11) is 0. The standard InChI is InChI=1S/C10H11O/c11-10-7-3-5-8-4-1-2-6-9(8)10/h1-2,4,6,10H,3,5,7H2. The van der Waals surface area contributed by atoms with Gasteiger partial charge in [0.2, 0.25) is 0 Å². The van der Waals surface area contributed by atoms with Gasteiger partial charge in [-0.1, -0.05) is 24.3 Å². The van der Waals surface area contributed by atoms with Gasteiger partial charge in [0.05, 0.1) is 0 Å². The van der Waals surface area contributed by atoms with Crippen molar-refractivity contribution in [1.29, 1.82) is 0 Å². The van der Waals surface area contributed by atoms with Crippen LogP contribution in [0.5, 0.6) is 0 Å². The average molecular weight is 147 g/mol. The molecule has 0 aliphatic heterocycles. The molecular weight excluding hydrogens is 136 g/mol. The monoisotopic (exact) mass is 147 g/mol. The van der Waals surface area contributed by atoms with Crippen molar-refractivity contribution in [2.45, 2.75) is 25.4 Å². The zero-order chi connectivity index (χ0) is 7.68. The van der Waals surface area contributed by atoms with Gasteiger partial charge in [0.15, 0.2) is 0 Å². The summed E-state index contributed by atoms with van der Waals surface area (Å²) in [5.74, 6) is 0. The van der Waals surface area contributed by atoms with Crippen molar-refractivity contribution in [2.75, 3.05) is 0 Å². The average Bonchev–Trinajstić information content (AvgIpc) is 2.06. The van der Waals surface area contributed by atoms with Crippen LogP contribution in [0.1, 0.15) is 30.1 Å². The second kappa shape index (κ2) is 2.67. The zero-order valence-electron chi connectivity index (χ0n) is 6.42. The Morgan fingerprint density at radius 3 is 2.91 bits per heavy atom. The largest absolute Gasteiger partial charge is 0.228 e. The van der Waals surface area contributed by atoms with Gasteiger partial charge in [0, 0.05) is 0 Å². The summed E-state index contributed by atoms with van der Waals surface area (Å²) in [5.41, 5.74) is 2.29. The van der Waals surface area contributed by atoms with Gasteiger partial charge in [-0.05, 0) is 30.4 Å². The van der Waals surface area contributed by atoms with Gasteiger partial charge in [0.1, 0.15) is 6.10 Å². The molecule has 0 heterocycles. The van der Waals surface area contributed by atoms with Gasteiger partial charge in [-0.15, -0.1) is 0 Å². The summed E-state index contributed by atoms with van der Waals surface area (Å²) in [6.45, 7) is 0. The molecule has 1 unspecified atom stereocenters. The molecular formula is C10H11O. The summed E-state index contributed by atoms with van der Waals surface area (Å²) in [5, 5.41) is 11.4. The van der Waals surface area contributed by atoms with Gasteiger partial charge in [-0.2, -0.15) is 0 Å². The van der Waals surface area contributed by atoms with Crippen molar-refractivity contribution >= 4 is 0 Å². The third kappa shape index (κ3) is 1.16. The predicted molar refractivity (Wildman–Crippen MR) is 42.8 cm³/mol. The van der Waals surface area contributed by atoms with Gasteiger partial charge in [-0.25, -0.2) is 5.11 Å². The molecule has 2 rings (SSSR count). The Morgan fingerprint density at radius 1 is 1.27 bits per heavy atom. The van der Waals surface area contributed by atoms with Crippen LogP contribution in [0, 0.1) is 0 Å². The molecule has 57 valence electrons. The number of benzene rings is 1. The van der Waals surface area contributed by atoms with E-state index in [4.69, 9.17) is 0 Å². The molecule has 0 fully saturated rings. The van der Waals surface area contributed by atoms with E-state index in [0.717, 1.165) is 24.8 Å². The highest BCUT2D eigenvalue weighted by Gasteiger charge is 2.17. The summed E-state index contributed by atoms with van der Waals surface area (Å²) < 4.78 is 0. The SMILES string of the molecule is [O]C1CCCc2ccccc21. The molecule has 1 radical (unpaired) electrons. The molecule has 1 aromatic rings. The van der Waals surface area contributed by atoms with Crippen LogP contribution in [0.25, 0.3) is 0 Å². The number of hydrogen-bond donors (Lipinski definition) is 0. The summed E-state index contributed by atoms with van der Waals surface area (Å²) in [6.07, 6.45) is 2.51. The topological polar surface area (TPSA) is 19.9 Å². The fourth-order valence-corrected chi connectivity index (χ4v) is 1.71. The molecule has 1 aromatic carbocycles. The Kier molecular flexibility index (Phi) is 1.66. The van der Waals surface area contributed by atoms with Gasteiger partial charge in [-0.3, -0.25) is 0 Å². The van der Waals surface area contributed by atoms with Crippen molar-refractivity contribution < 1.29 is 5.11 Å². The minimum atomic E-state index is -0.458. The Labute approximate surface area is 66.7 Å². The first-order valence-electron chi connectivity index (χ1n) is 4.11. The van der Waals surface area contributed by atoms with E-state index < -0.39 is 6.10 Å². The lowest BCUT2D eigenvalue weighted by molar-refractivity contribution is 0.0734. The van der Waals surface area contributed by atoms with Crippen LogP contribution in [-0.4, -0.2) is 0 Å². The lowest BCUT2D eigenvalue weighted by Crippen LogP contribution is -2.07. The summed E-state index contributed by atoms with van der Waals surface area (Å²) >= 11 is 0. The van der Waals surface area contributed by atoms with Crippen LogP contribution in [0.3, 0.4) is 0 Å². The van der Waals surface area contributed by atoms with E-state index >= 15 is 0 Å². The summed E-state index contributed by atoms with van der Waals surface area (Å²) in [4.78, 5) is 0. The molecule has 0 saturated carbocycles. The molecule has 1 heteroatoms. The lowest BCUT2D eigenvalue weighted by atomic mass is 9.90. The van der Waals surface area contributed by atoms with Crippen LogP contribution in [0.15, 0.2) is 24.3 Å². The lowest BCUT2D eigenvalue weighted by Gasteiger charge is -2.18. The molecule has 1 atom stereocenters. The van der Waals surface area contributed by atoms with Crippen molar-refractivity contribution in [3.05, 3.63) is 35.4 Å². The first-order chi connectivity index (χ1) is 5.38. The molecule has 1 aliphatic carbocycles. The number of hydrogen-bond acceptors (Lipinski definition) is 0. The van der Waals surface area contributed by atoms with E-state index in [1.54, 1.807) is 0 Å². The van der Waals surface area contributed by atoms with Gasteiger partial charge < -0.3 is 0 Å². The third-order valence-corrected chi connectivity index (χ3v) is 2.31. The van der Waals surface area contributed by atoms with Crippen LogP contribution in [0.4, 0.5) is 0 Å². The molecule has 0 N–H and O–H groups in total. The van der Waals surface area contributed by atoms with Crippen LogP contribution in [-0.2, 0) is 11.5 Å². The highest BCUT2D eigenvalue weighted by Crippen LogP contribution is 2.29. The van der Waals surface area contributed by atoms with Crippen LogP contribution >= 0.6 is 0 Å². The molecule has 0 spiro atoms. The number of aryl methyl sites for hydroxylation is 1. The molecule has 11 heavy (non-hydrogen) atoms. The van der Waals surface area contributed by atoms with E-state index in [1.165, 1.54) is 5.56 Å². The number of fused-ring (bicyclic) bond motifs is 1. The smallest absolute Gasteiger partial charge is 0.118 e. The van der Waals surface area contributed by atoms with E-state index in [2.05, 4.69) is 6.07 Å². The maximum absolute atomic E-state index is 11.4. The van der Waals surface area contributed by atoms with Crippen molar-refractivity contribution in [2.24, 2.45) is 0 Å². The molecule has 1 nitrogen and oxygen atoms in total. The van der Waals surface area contributed by atoms with Crippen LogP contribution in [0.2, 0.25) is 0 Å². The second-order valence-electron chi connectivity index (χ2n) is 3.08. The highest BCUT2D eigenvalue weighted by atomic mass is 16.3. The Balaban J connectivity index is 2.44. The molecule has 0 bridgehead atoms. The fourth-order valence-electron chi connectivity index (χ4n) is 1.71. The van der Waals surface area contributed by atoms with E-state index in [-0.39, 0.29) is 0 Å². The Bertz CT molecular complexity index is 255. The first-order valence-corrected chi connectivity index (χ1v) is 4.11. The zero-order valence-corrected chi connectivity index (χ0v) is 6.42. The van der Waals surface area contributed by atoms with Crippen molar-refractivity contribution in [3.63, 3.8) is 0 Å². The Morgan fingerprint density at radius 2 is 2.09 bits per heavy atom. The minimum Gasteiger partial charge on any atom is -0.228 e. The predicted octanol–water partition coefficient (Wildman–Crippen LogP) is 2.49. The maximum Gasteiger partial charge on any atom is 0.118 e. The molecule has 0 saturated heterocycles. The first kappa shape index (κ1) is 6.86. The number of rotatable bonds is 0. The van der Waals surface area contributed by atoms with Crippen molar-refractivity contribution in [1.82, 2.24) is 0 Å². The molecule has 1 aliphatic rings. The normalized spacial score (nSPS) is 22.8. The third-order valence-electron chi connectivity index (χ3n) is 2.31. The Hall–Kier alpha value is -0.820. The minimum absolute atomic E-state index is 0.458. The van der Waals surface area contributed by atoms with Gasteiger partial charge >= 0.3 is 0 Å². The molecule has 0 amide bonds. The van der Waals surface area contributed by atoms with E-state index in [1.807, 2.05) is 18.2 Å². The quantitative estimate of drug-likeness (QED) is 0.537. The second-order valence-corrected chi connectivity index (χ2v) is 3.08. The highest BCUT2D eigenvalue weighted by molar-refractivity contribution is 5.30. The summed E-state index contributed by atoms with van der Waals surface area (Å²) in [6, 6.07) is 8.00. The fraction of sp³-hybridized carbons (Fsp3) is 0.400. The maximum atomic E-state index is 11.4. The van der Waals surface area contributed by atoms with E-state index in [9.17, 15) is 5.11 Å². The molecule has 0 aromatic heterocycles. The van der Waals surface area contributed by atoms with Crippen molar-refractivity contribution in [3.8, 4) is 0 Å². The van der Waals surface area contributed by atoms with Crippen LogP contribution < -0.4 is 0 Å².